The zero-order chi connectivity index (χ0) is 13.1. The molecule has 0 bridgehead atoms. The Morgan fingerprint density at radius 3 is 2.83 bits per heavy atom. The van der Waals surface area contributed by atoms with E-state index in [2.05, 4.69) is 15.9 Å². The largest absolute Gasteiger partial charge is 0.487 e. The van der Waals surface area contributed by atoms with Crippen molar-refractivity contribution in [2.75, 3.05) is 0 Å². The SMILES string of the molecule is Cc1ccc(C(=O)O)c(OCc2sccc2Br)c1. The molecule has 0 unspecified atom stereocenters. The fourth-order valence-corrected chi connectivity index (χ4v) is 2.87. The Bertz CT molecular complexity index is 577. The van der Waals surface area contributed by atoms with E-state index in [4.69, 9.17) is 9.84 Å². The maximum atomic E-state index is 11.1. The van der Waals surface area contributed by atoms with Gasteiger partial charge < -0.3 is 9.84 Å². The van der Waals surface area contributed by atoms with E-state index >= 15 is 0 Å². The molecule has 0 spiro atoms. The van der Waals surface area contributed by atoms with Crippen molar-refractivity contribution < 1.29 is 14.6 Å². The molecule has 1 heterocycles. The summed E-state index contributed by atoms with van der Waals surface area (Å²) >= 11 is 4.98. The van der Waals surface area contributed by atoms with Gasteiger partial charge in [0, 0.05) is 4.47 Å². The van der Waals surface area contributed by atoms with E-state index in [1.54, 1.807) is 29.5 Å². The van der Waals surface area contributed by atoms with Crippen LogP contribution in [0.25, 0.3) is 0 Å². The molecule has 0 fully saturated rings. The van der Waals surface area contributed by atoms with Crippen molar-refractivity contribution in [2.45, 2.75) is 13.5 Å². The molecule has 0 atom stereocenters. The highest BCUT2D eigenvalue weighted by Gasteiger charge is 2.12. The van der Waals surface area contributed by atoms with Crippen LogP contribution >= 0.6 is 27.3 Å². The van der Waals surface area contributed by atoms with Crippen molar-refractivity contribution in [1.29, 1.82) is 0 Å². The molecule has 18 heavy (non-hydrogen) atoms. The number of benzene rings is 1. The normalized spacial score (nSPS) is 10.3. The minimum atomic E-state index is -0.977. The smallest absolute Gasteiger partial charge is 0.339 e. The van der Waals surface area contributed by atoms with Crippen LogP contribution in [0.15, 0.2) is 34.1 Å². The zero-order valence-corrected chi connectivity index (χ0v) is 12.0. The van der Waals surface area contributed by atoms with E-state index < -0.39 is 5.97 Å². The Morgan fingerprint density at radius 2 is 2.22 bits per heavy atom. The average Bonchev–Trinajstić information content (AvgIpc) is 2.72. The van der Waals surface area contributed by atoms with Crippen LogP contribution < -0.4 is 4.74 Å². The van der Waals surface area contributed by atoms with Gasteiger partial charge in [-0.05, 0) is 52.0 Å². The Kier molecular flexibility index (Phi) is 4.04. The topological polar surface area (TPSA) is 46.5 Å². The molecule has 94 valence electrons. The summed E-state index contributed by atoms with van der Waals surface area (Å²) in [7, 11) is 0. The van der Waals surface area contributed by atoms with Gasteiger partial charge in [0.2, 0.25) is 0 Å². The van der Waals surface area contributed by atoms with Gasteiger partial charge in [-0.15, -0.1) is 11.3 Å². The van der Waals surface area contributed by atoms with Crippen LogP contribution in [0.1, 0.15) is 20.8 Å². The lowest BCUT2D eigenvalue weighted by molar-refractivity contribution is 0.0692. The number of ether oxygens (including phenoxy) is 1. The number of carboxylic acids is 1. The van der Waals surface area contributed by atoms with Crippen molar-refractivity contribution in [3.8, 4) is 5.75 Å². The summed E-state index contributed by atoms with van der Waals surface area (Å²) in [6.07, 6.45) is 0. The van der Waals surface area contributed by atoms with Crippen LogP contribution in [-0.2, 0) is 6.61 Å². The highest BCUT2D eigenvalue weighted by atomic mass is 79.9. The number of hydrogen-bond donors (Lipinski definition) is 1. The van der Waals surface area contributed by atoms with Gasteiger partial charge in [0.1, 0.15) is 17.9 Å². The number of hydrogen-bond acceptors (Lipinski definition) is 3. The van der Waals surface area contributed by atoms with E-state index in [0.29, 0.717) is 12.4 Å². The fraction of sp³-hybridized carbons (Fsp3) is 0.154. The van der Waals surface area contributed by atoms with Gasteiger partial charge in [-0.1, -0.05) is 6.07 Å². The summed E-state index contributed by atoms with van der Waals surface area (Å²) in [5.74, 6) is -0.571. The lowest BCUT2D eigenvalue weighted by Gasteiger charge is -2.09. The molecule has 0 aliphatic carbocycles. The van der Waals surface area contributed by atoms with Crippen molar-refractivity contribution in [3.05, 3.63) is 50.1 Å². The molecule has 1 aromatic heterocycles. The lowest BCUT2D eigenvalue weighted by Crippen LogP contribution is -2.03. The fourth-order valence-electron chi connectivity index (χ4n) is 1.50. The second-order valence-electron chi connectivity index (χ2n) is 3.79. The van der Waals surface area contributed by atoms with Crippen molar-refractivity contribution >= 4 is 33.2 Å². The van der Waals surface area contributed by atoms with Crippen LogP contribution in [0.2, 0.25) is 0 Å². The molecule has 0 aliphatic rings. The van der Waals surface area contributed by atoms with Gasteiger partial charge >= 0.3 is 5.97 Å². The van der Waals surface area contributed by atoms with Gasteiger partial charge in [0.25, 0.3) is 0 Å². The highest BCUT2D eigenvalue weighted by molar-refractivity contribution is 9.10. The monoisotopic (exact) mass is 326 g/mol. The molecule has 3 nitrogen and oxygen atoms in total. The molecular formula is C13H11BrO3S. The summed E-state index contributed by atoms with van der Waals surface area (Å²) in [5, 5.41) is 11.0. The zero-order valence-electron chi connectivity index (χ0n) is 9.64. The molecule has 0 amide bonds. The molecule has 1 N–H and O–H groups in total. The molecule has 2 rings (SSSR count). The van der Waals surface area contributed by atoms with Crippen molar-refractivity contribution in [1.82, 2.24) is 0 Å². The summed E-state index contributed by atoms with van der Waals surface area (Å²) < 4.78 is 6.59. The highest BCUT2D eigenvalue weighted by Crippen LogP contribution is 2.26. The second-order valence-corrected chi connectivity index (χ2v) is 5.64. The molecule has 0 saturated carbocycles. The van der Waals surface area contributed by atoms with E-state index in [0.717, 1.165) is 14.9 Å². The molecule has 5 heteroatoms. The third-order valence-electron chi connectivity index (χ3n) is 2.42. The number of aromatic carboxylic acids is 1. The predicted octanol–water partition coefficient (Wildman–Crippen LogP) is 4.10. The average molecular weight is 327 g/mol. The second kappa shape index (κ2) is 5.54. The molecule has 0 radical (unpaired) electrons. The van der Waals surface area contributed by atoms with Crippen LogP contribution in [0.3, 0.4) is 0 Å². The van der Waals surface area contributed by atoms with E-state index in [-0.39, 0.29) is 5.56 Å². The minimum absolute atomic E-state index is 0.188. The molecule has 0 aliphatic heterocycles. The van der Waals surface area contributed by atoms with Gasteiger partial charge in [-0.3, -0.25) is 0 Å². The number of carboxylic acid groups (broad SMARTS) is 1. The van der Waals surface area contributed by atoms with Crippen LogP contribution in [0.5, 0.6) is 5.75 Å². The summed E-state index contributed by atoms with van der Waals surface area (Å²) in [4.78, 5) is 12.1. The first-order valence-corrected chi connectivity index (χ1v) is 6.94. The van der Waals surface area contributed by atoms with Crippen LogP contribution in [0, 0.1) is 6.92 Å². The van der Waals surface area contributed by atoms with Gasteiger partial charge in [0.15, 0.2) is 0 Å². The maximum absolute atomic E-state index is 11.1. The summed E-state index contributed by atoms with van der Waals surface area (Å²) in [5.41, 5.74) is 1.16. The lowest BCUT2D eigenvalue weighted by atomic mass is 10.1. The predicted molar refractivity (Wildman–Crippen MR) is 74.5 cm³/mol. The van der Waals surface area contributed by atoms with E-state index in [9.17, 15) is 4.79 Å². The number of carbonyl (C=O) groups is 1. The Balaban J connectivity index is 2.20. The molecule has 1 aromatic carbocycles. The number of rotatable bonds is 4. The van der Waals surface area contributed by atoms with Crippen LogP contribution in [0.4, 0.5) is 0 Å². The van der Waals surface area contributed by atoms with Gasteiger partial charge in [0.05, 0.1) is 4.88 Å². The van der Waals surface area contributed by atoms with E-state index in [1.807, 2.05) is 18.4 Å². The number of thiophene rings is 1. The number of halogens is 1. The van der Waals surface area contributed by atoms with Crippen LogP contribution in [-0.4, -0.2) is 11.1 Å². The minimum Gasteiger partial charge on any atom is -0.487 e. The first-order chi connectivity index (χ1) is 8.58. The Hall–Kier alpha value is -1.33. The van der Waals surface area contributed by atoms with Gasteiger partial charge in [-0.2, -0.15) is 0 Å². The maximum Gasteiger partial charge on any atom is 0.339 e. The third-order valence-corrected chi connectivity index (χ3v) is 4.32. The summed E-state index contributed by atoms with van der Waals surface area (Å²) in [6.45, 7) is 2.27. The van der Waals surface area contributed by atoms with Crippen molar-refractivity contribution in [2.24, 2.45) is 0 Å². The molecule has 2 aromatic rings. The Labute approximate surface area is 117 Å². The molecule has 0 saturated heterocycles. The quantitative estimate of drug-likeness (QED) is 0.920. The van der Waals surface area contributed by atoms with Crippen molar-refractivity contribution in [3.63, 3.8) is 0 Å². The third kappa shape index (κ3) is 2.91. The van der Waals surface area contributed by atoms with Gasteiger partial charge in [-0.25, -0.2) is 4.79 Å². The summed E-state index contributed by atoms with van der Waals surface area (Å²) in [6, 6.07) is 7.01. The Morgan fingerprint density at radius 1 is 1.44 bits per heavy atom. The molecular weight excluding hydrogens is 316 g/mol. The number of aryl methyl sites for hydroxylation is 1. The first-order valence-electron chi connectivity index (χ1n) is 5.26. The van der Waals surface area contributed by atoms with E-state index in [1.165, 1.54) is 0 Å². The first kappa shape index (κ1) is 13.1. The standard InChI is InChI=1S/C13H11BrO3S/c1-8-2-3-9(13(15)16)11(6-8)17-7-12-10(14)4-5-18-12/h2-6H,7H2,1H3,(H,15,16).